The van der Waals surface area contributed by atoms with Crippen LogP contribution >= 0.6 is 11.3 Å². The third-order valence-corrected chi connectivity index (χ3v) is 7.15. The van der Waals surface area contributed by atoms with Crippen LogP contribution < -0.4 is 10.2 Å². The van der Waals surface area contributed by atoms with Crippen molar-refractivity contribution in [1.82, 2.24) is 25.3 Å². The van der Waals surface area contributed by atoms with Gasteiger partial charge in [0.2, 0.25) is 0 Å². The lowest BCUT2D eigenvalue weighted by atomic mass is 10.1. The second-order valence-electron chi connectivity index (χ2n) is 8.52. The van der Waals surface area contributed by atoms with Gasteiger partial charge in [0.25, 0.3) is 5.91 Å². The highest BCUT2D eigenvalue weighted by Crippen LogP contribution is 2.35. The molecule has 5 heterocycles. The molecule has 0 radical (unpaired) electrons. The molecule has 2 aliphatic heterocycles. The van der Waals surface area contributed by atoms with E-state index < -0.39 is 0 Å². The first-order valence-corrected chi connectivity index (χ1v) is 12.1. The number of anilines is 1. The summed E-state index contributed by atoms with van der Waals surface area (Å²) in [6.07, 6.45) is 1.75. The van der Waals surface area contributed by atoms with Gasteiger partial charge in [0.15, 0.2) is 5.82 Å². The zero-order chi connectivity index (χ0) is 23.1. The van der Waals surface area contributed by atoms with Gasteiger partial charge in [0.1, 0.15) is 5.69 Å². The summed E-state index contributed by atoms with van der Waals surface area (Å²) >= 11 is 1.46. The fourth-order valence-electron chi connectivity index (χ4n) is 4.13. The number of aryl methyl sites for hydroxylation is 1. The number of carbonyl (C=O) groups is 1. The van der Waals surface area contributed by atoms with E-state index in [1.165, 1.54) is 16.9 Å². The van der Waals surface area contributed by atoms with Gasteiger partial charge in [-0.15, -0.1) is 21.2 Å². The summed E-state index contributed by atoms with van der Waals surface area (Å²) in [4.78, 5) is 22.1. The molecule has 174 valence electrons. The van der Waals surface area contributed by atoms with Gasteiger partial charge in [0.05, 0.1) is 59.4 Å². The van der Waals surface area contributed by atoms with Crippen LogP contribution in [-0.4, -0.2) is 71.4 Å². The summed E-state index contributed by atoms with van der Waals surface area (Å²) in [6.45, 7) is 6.06. The van der Waals surface area contributed by atoms with Gasteiger partial charge in [0, 0.05) is 24.7 Å². The largest absolute Gasteiger partial charge is 0.378 e. The Bertz CT molecular complexity index is 1360. The van der Waals surface area contributed by atoms with E-state index in [4.69, 9.17) is 19.6 Å². The van der Waals surface area contributed by atoms with Crippen molar-refractivity contribution < 1.29 is 14.3 Å². The maximum absolute atomic E-state index is 12.8. The first-order chi connectivity index (χ1) is 16.6. The topological polar surface area (TPSA) is 94.4 Å². The van der Waals surface area contributed by atoms with Gasteiger partial charge < -0.3 is 19.7 Å². The van der Waals surface area contributed by atoms with Gasteiger partial charge in [-0.25, -0.2) is 4.98 Å². The first-order valence-electron chi connectivity index (χ1n) is 11.3. The lowest BCUT2D eigenvalue weighted by molar-refractivity contribution is -0.00338. The van der Waals surface area contributed by atoms with Crippen LogP contribution in [0.2, 0.25) is 0 Å². The molecule has 0 aliphatic carbocycles. The Hall–Kier alpha value is -3.34. The number of benzene rings is 1. The highest BCUT2D eigenvalue weighted by Gasteiger charge is 2.24. The van der Waals surface area contributed by atoms with Crippen molar-refractivity contribution in [2.75, 3.05) is 44.4 Å². The molecule has 34 heavy (non-hydrogen) atoms. The van der Waals surface area contributed by atoms with E-state index in [2.05, 4.69) is 34.4 Å². The van der Waals surface area contributed by atoms with Gasteiger partial charge in [-0.3, -0.25) is 4.79 Å². The molecule has 0 unspecified atom stereocenters. The monoisotopic (exact) mass is 476 g/mol. The molecule has 1 aromatic carbocycles. The number of hydrogen-bond acceptors (Lipinski definition) is 8. The van der Waals surface area contributed by atoms with E-state index in [1.54, 1.807) is 11.0 Å². The number of fused-ring (bicyclic) bond motifs is 1. The van der Waals surface area contributed by atoms with Gasteiger partial charge in [-0.1, -0.05) is 23.8 Å². The SMILES string of the molecule is Cc1cccc(-c2cnn(-c3cc(N4CCOCC4)c4sc(C(=O)NC5COC5)cc4n3)n2)c1. The summed E-state index contributed by atoms with van der Waals surface area (Å²) in [5.41, 5.74) is 4.74. The molecule has 2 aliphatic rings. The fraction of sp³-hybridized carbons (Fsp3) is 0.333. The van der Waals surface area contributed by atoms with Crippen LogP contribution in [0.3, 0.4) is 0 Å². The number of aromatic nitrogens is 4. The van der Waals surface area contributed by atoms with Gasteiger partial charge >= 0.3 is 0 Å². The minimum atomic E-state index is -0.0928. The number of pyridine rings is 1. The van der Waals surface area contributed by atoms with Crippen molar-refractivity contribution in [2.45, 2.75) is 13.0 Å². The third-order valence-electron chi connectivity index (χ3n) is 6.01. The van der Waals surface area contributed by atoms with Crippen LogP contribution in [-0.2, 0) is 9.47 Å². The lowest BCUT2D eigenvalue weighted by Crippen LogP contribution is -2.48. The van der Waals surface area contributed by atoms with Crippen molar-refractivity contribution in [3.8, 4) is 17.1 Å². The van der Waals surface area contributed by atoms with E-state index in [0.717, 1.165) is 40.3 Å². The number of thiophene rings is 1. The molecule has 0 atom stereocenters. The highest BCUT2D eigenvalue weighted by atomic mass is 32.1. The summed E-state index contributed by atoms with van der Waals surface area (Å²) in [6, 6.07) is 12.1. The van der Waals surface area contributed by atoms with E-state index in [9.17, 15) is 4.79 Å². The molecule has 4 aromatic rings. The van der Waals surface area contributed by atoms with E-state index in [1.807, 2.05) is 24.3 Å². The molecule has 1 N–H and O–H groups in total. The van der Waals surface area contributed by atoms with E-state index in [0.29, 0.717) is 37.1 Å². The van der Waals surface area contributed by atoms with E-state index in [-0.39, 0.29) is 11.9 Å². The fourth-order valence-corrected chi connectivity index (χ4v) is 5.17. The van der Waals surface area contributed by atoms with Gasteiger partial charge in [-0.05, 0) is 19.1 Å². The van der Waals surface area contributed by atoms with Gasteiger partial charge in [-0.2, -0.15) is 5.10 Å². The van der Waals surface area contributed by atoms with Crippen molar-refractivity contribution in [3.63, 3.8) is 0 Å². The van der Waals surface area contributed by atoms with Crippen LogP contribution in [0.15, 0.2) is 42.6 Å². The molecule has 2 fully saturated rings. The maximum atomic E-state index is 12.8. The van der Waals surface area contributed by atoms with Crippen LogP contribution in [0.1, 0.15) is 15.2 Å². The Morgan fingerprint density at radius 2 is 2.00 bits per heavy atom. The molecule has 0 spiro atoms. The summed E-state index contributed by atoms with van der Waals surface area (Å²) in [5.74, 6) is 0.523. The standard InChI is InChI=1S/C24H24N6O3S/c1-15-3-2-4-16(9-15)19-12-25-30(28-19)22-11-20(29-5-7-32-8-6-29)23-18(27-22)10-21(34-23)24(31)26-17-13-33-14-17/h2-4,9-12,17H,5-8,13-14H2,1H3,(H,26,31). The Morgan fingerprint density at radius 3 is 2.76 bits per heavy atom. The average Bonchev–Trinajstić information content (AvgIpc) is 3.49. The molecule has 2 saturated heterocycles. The van der Waals surface area contributed by atoms with Crippen LogP contribution in [0.5, 0.6) is 0 Å². The third kappa shape index (κ3) is 4.04. The van der Waals surface area contributed by atoms with Crippen molar-refractivity contribution >= 4 is 33.1 Å². The molecule has 6 rings (SSSR count). The minimum absolute atomic E-state index is 0.0771. The molecule has 0 bridgehead atoms. The number of hydrogen-bond donors (Lipinski definition) is 1. The number of nitrogens with zero attached hydrogens (tertiary/aromatic N) is 5. The number of carbonyl (C=O) groups excluding carboxylic acids is 1. The average molecular weight is 477 g/mol. The second kappa shape index (κ2) is 8.79. The van der Waals surface area contributed by atoms with Crippen molar-refractivity contribution in [1.29, 1.82) is 0 Å². The second-order valence-corrected chi connectivity index (χ2v) is 9.57. The van der Waals surface area contributed by atoms with Crippen LogP contribution in [0.25, 0.3) is 27.3 Å². The molecule has 0 saturated carbocycles. The van der Waals surface area contributed by atoms with Crippen LogP contribution in [0.4, 0.5) is 5.69 Å². The maximum Gasteiger partial charge on any atom is 0.261 e. The Morgan fingerprint density at radius 1 is 1.15 bits per heavy atom. The predicted octanol–water partition coefficient (Wildman–Crippen LogP) is 2.82. The number of morpholine rings is 1. The Labute approximate surface area is 200 Å². The molecular weight excluding hydrogens is 452 g/mol. The van der Waals surface area contributed by atoms with Crippen molar-refractivity contribution in [3.05, 3.63) is 53.0 Å². The molecular formula is C24H24N6O3S. The molecule has 1 amide bonds. The number of rotatable bonds is 5. The van der Waals surface area contributed by atoms with E-state index >= 15 is 0 Å². The molecule has 3 aromatic heterocycles. The number of nitrogens with one attached hydrogen (secondary N) is 1. The van der Waals surface area contributed by atoms with Crippen LogP contribution in [0, 0.1) is 6.92 Å². The summed E-state index contributed by atoms with van der Waals surface area (Å²) < 4.78 is 11.7. The first kappa shape index (κ1) is 21.2. The molecule has 10 heteroatoms. The smallest absolute Gasteiger partial charge is 0.261 e. The highest BCUT2D eigenvalue weighted by molar-refractivity contribution is 7.21. The number of ether oxygens (including phenoxy) is 2. The predicted molar refractivity (Wildman–Crippen MR) is 130 cm³/mol. The number of amides is 1. The lowest BCUT2D eigenvalue weighted by Gasteiger charge is -2.29. The summed E-state index contributed by atoms with van der Waals surface area (Å²) in [7, 11) is 0. The Kier molecular flexibility index (Phi) is 5.48. The zero-order valence-corrected chi connectivity index (χ0v) is 19.5. The quantitative estimate of drug-likeness (QED) is 0.473. The minimum Gasteiger partial charge on any atom is -0.378 e. The Balaban J connectivity index is 1.40. The molecule has 9 nitrogen and oxygen atoms in total. The van der Waals surface area contributed by atoms with Crippen molar-refractivity contribution in [2.24, 2.45) is 0 Å². The normalized spacial score (nSPS) is 16.6. The zero-order valence-electron chi connectivity index (χ0n) is 18.7. The summed E-state index contributed by atoms with van der Waals surface area (Å²) in [5, 5.41) is 12.2.